The first kappa shape index (κ1) is 18.1. The summed E-state index contributed by atoms with van der Waals surface area (Å²) in [5.74, 6) is 0.671. The Hall–Kier alpha value is 0.150. The average molecular weight is 278 g/mol. The summed E-state index contributed by atoms with van der Waals surface area (Å²) in [6.45, 7) is 9.69. The number of rotatable bonds is 12. The molecule has 0 fully saturated rings. The fourth-order valence-corrected chi connectivity index (χ4v) is 3.41. The minimum absolute atomic E-state index is 0.557. The zero-order valence-corrected chi connectivity index (χ0v) is 13.5. The van der Waals surface area contributed by atoms with Gasteiger partial charge in [-0.05, 0) is 31.6 Å². The first-order valence-corrected chi connectivity index (χ1v) is 9.15. The van der Waals surface area contributed by atoms with Gasteiger partial charge in [0.15, 0.2) is 0 Å². The average Bonchev–Trinajstić information content (AvgIpc) is 2.33. The van der Waals surface area contributed by atoms with Crippen LogP contribution < -0.4 is 0 Å². The summed E-state index contributed by atoms with van der Waals surface area (Å²) < 4.78 is 23.5. The molecule has 3 nitrogen and oxygen atoms in total. The minimum Gasteiger partial charge on any atom is -0.309 e. The van der Waals surface area contributed by atoms with Gasteiger partial charge in [-0.1, -0.05) is 40.5 Å². The molecule has 0 aromatic rings. The predicted molar refractivity (Wildman–Crippen MR) is 78.3 cm³/mol. The maximum absolute atomic E-state index is 12.4. The Balaban J connectivity index is 3.99. The molecular weight excluding hydrogens is 247 g/mol. The third-order valence-electron chi connectivity index (χ3n) is 2.79. The van der Waals surface area contributed by atoms with Crippen molar-refractivity contribution in [3.05, 3.63) is 0 Å². The van der Waals surface area contributed by atoms with E-state index in [1.807, 2.05) is 0 Å². The molecule has 0 aromatic heterocycles. The maximum Gasteiger partial charge on any atom is 0.330 e. The standard InChI is InChI=1S/C14H31O3P/c1-5-7-11-16-18(15,13-8-6-2)17-12-9-10-14(3)4/h14H,5-13H2,1-4H3. The van der Waals surface area contributed by atoms with Crippen LogP contribution in [0.15, 0.2) is 0 Å². The lowest BCUT2D eigenvalue weighted by atomic mass is 10.1. The van der Waals surface area contributed by atoms with Crippen LogP contribution >= 0.6 is 7.60 Å². The number of unbranched alkanes of at least 4 members (excludes halogenated alkanes) is 2. The van der Waals surface area contributed by atoms with Gasteiger partial charge in [-0.2, -0.15) is 0 Å². The first-order chi connectivity index (χ1) is 8.54. The van der Waals surface area contributed by atoms with Gasteiger partial charge in [0.25, 0.3) is 0 Å². The molecule has 18 heavy (non-hydrogen) atoms. The lowest BCUT2D eigenvalue weighted by molar-refractivity contribution is 0.196. The van der Waals surface area contributed by atoms with Gasteiger partial charge in [-0.3, -0.25) is 4.57 Å². The first-order valence-electron chi connectivity index (χ1n) is 7.42. The van der Waals surface area contributed by atoms with E-state index >= 15 is 0 Å². The van der Waals surface area contributed by atoms with Crippen molar-refractivity contribution < 1.29 is 13.6 Å². The van der Waals surface area contributed by atoms with E-state index in [-0.39, 0.29) is 0 Å². The molecule has 4 heteroatoms. The summed E-state index contributed by atoms with van der Waals surface area (Å²) in [5, 5.41) is 0. The Bertz CT molecular complexity index is 229. The van der Waals surface area contributed by atoms with Gasteiger partial charge in [0.1, 0.15) is 0 Å². The SMILES string of the molecule is CCCCOP(=O)(CCCC)OCCCC(C)C. The van der Waals surface area contributed by atoms with Crippen LogP contribution in [0.4, 0.5) is 0 Å². The van der Waals surface area contributed by atoms with E-state index in [0.717, 1.165) is 38.5 Å². The molecule has 0 spiro atoms. The molecule has 0 aromatic carbocycles. The molecule has 0 aliphatic carbocycles. The molecule has 110 valence electrons. The van der Waals surface area contributed by atoms with Gasteiger partial charge in [-0.25, -0.2) is 0 Å². The van der Waals surface area contributed by atoms with Gasteiger partial charge in [0.2, 0.25) is 0 Å². The summed E-state index contributed by atoms with van der Waals surface area (Å²) >= 11 is 0. The topological polar surface area (TPSA) is 35.5 Å². The molecule has 0 aliphatic rings. The number of hydrogen-bond acceptors (Lipinski definition) is 3. The molecule has 1 atom stereocenters. The highest BCUT2D eigenvalue weighted by Gasteiger charge is 2.23. The second kappa shape index (κ2) is 11.0. The van der Waals surface area contributed by atoms with Crippen LogP contribution in [-0.2, 0) is 13.6 Å². The molecule has 0 aliphatic heterocycles. The molecular formula is C14H31O3P. The van der Waals surface area contributed by atoms with Crippen molar-refractivity contribution in [2.24, 2.45) is 5.92 Å². The second-order valence-electron chi connectivity index (χ2n) is 5.24. The van der Waals surface area contributed by atoms with Crippen molar-refractivity contribution in [2.75, 3.05) is 19.4 Å². The molecule has 0 saturated carbocycles. The summed E-state index contributed by atoms with van der Waals surface area (Å²) in [5.41, 5.74) is 0. The van der Waals surface area contributed by atoms with Crippen LogP contribution in [0, 0.1) is 5.92 Å². The zero-order chi connectivity index (χ0) is 13.9. The maximum atomic E-state index is 12.4. The van der Waals surface area contributed by atoms with Gasteiger partial charge in [-0.15, -0.1) is 0 Å². The van der Waals surface area contributed by atoms with Gasteiger partial charge >= 0.3 is 7.60 Å². The van der Waals surface area contributed by atoms with Gasteiger partial charge in [0, 0.05) is 0 Å². The van der Waals surface area contributed by atoms with Crippen molar-refractivity contribution in [2.45, 2.75) is 66.2 Å². The summed E-state index contributed by atoms with van der Waals surface area (Å²) in [6, 6.07) is 0. The van der Waals surface area contributed by atoms with Crippen LogP contribution in [0.1, 0.15) is 66.2 Å². The third kappa shape index (κ3) is 10.1. The minimum atomic E-state index is -2.83. The third-order valence-corrected chi connectivity index (χ3v) is 4.80. The van der Waals surface area contributed by atoms with E-state index in [9.17, 15) is 4.57 Å². The Morgan fingerprint density at radius 2 is 1.50 bits per heavy atom. The molecule has 0 heterocycles. The van der Waals surface area contributed by atoms with Crippen molar-refractivity contribution >= 4 is 7.60 Å². The van der Waals surface area contributed by atoms with Crippen LogP contribution in [0.3, 0.4) is 0 Å². The monoisotopic (exact) mass is 278 g/mol. The Labute approximate surface area is 113 Å². The number of hydrogen-bond donors (Lipinski definition) is 0. The van der Waals surface area contributed by atoms with Crippen LogP contribution in [-0.4, -0.2) is 19.4 Å². The molecule has 0 saturated heterocycles. The lowest BCUT2D eigenvalue weighted by Gasteiger charge is -2.18. The van der Waals surface area contributed by atoms with Crippen molar-refractivity contribution in [3.63, 3.8) is 0 Å². The van der Waals surface area contributed by atoms with E-state index in [1.165, 1.54) is 0 Å². The van der Waals surface area contributed by atoms with E-state index in [4.69, 9.17) is 9.05 Å². The highest BCUT2D eigenvalue weighted by atomic mass is 31.2. The lowest BCUT2D eigenvalue weighted by Crippen LogP contribution is -2.03. The quantitative estimate of drug-likeness (QED) is 0.361. The predicted octanol–water partition coefficient (Wildman–Crippen LogP) is 5.25. The zero-order valence-electron chi connectivity index (χ0n) is 12.6. The smallest absolute Gasteiger partial charge is 0.309 e. The van der Waals surface area contributed by atoms with Crippen LogP contribution in [0.25, 0.3) is 0 Å². The fraction of sp³-hybridized carbons (Fsp3) is 1.00. The highest BCUT2D eigenvalue weighted by molar-refractivity contribution is 7.53. The van der Waals surface area contributed by atoms with E-state index in [0.29, 0.717) is 25.3 Å². The summed E-state index contributed by atoms with van der Waals surface area (Å²) in [7, 11) is -2.83. The fourth-order valence-electron chi connectivity index (χ4n) is 1.56. The molecule has 0 rings (SSSR count). The van der Waals surface area contributed by atoms with E-state index in [1.54, 1.807) is 0 Å². The van der Waals surface area contributed by atoms with E-state index < -0.39 is 7.60 Å². The van der Waals surface area contributed by atoms with Crippen LogP contribution in [0.2, 0.25) is 0 Å². The van der Waals surface area contributed by atoms with Crippen molar-refractivity contribution in [1.29, 1.82) is 0 Å². The molecule has 0 radical (unpaired) electrons. The molecule has 0 N–H and O–H groups in total. The van der Waals surface area contributed by atoms with Crippen LogP contribution in [0.5, 0.6) is 0 Å². The summed E-state index contributed by atoms with van der Waals surface area (Å²) in [6.07, 6.45) is 6.58. The van der Waals surface area contributed by atoms with Gasteiger partial charge < -0.3 is 9.05 Å². The second-order valence-corrected chi connectivity index (χ2v) is 7.43. The van der Waals surface area contributed by atoms with E-state index in [2.05, 4.69) is 27.7 Å². The molecule has 0 bridgehead atoms. The van der Waals surface area contributed by atoms with Crippen molar-refractivity contribution in [3.8, 4) is 0 Å². The molecule has 0 amide bonds. The Kier molecular flexibility index (Phi) is 11.1. The highest BCUT2D eigenvalue weighted by Crippen LogP contribution is 2.49. The summed E-state index contributed by atoms with van der Waals surface area (Å²) in [4.78, 5) is 0. The normalized spacial score (nSPS) is 14.9. The van der Waals surface area contributed by atoms with Crippen molar-refractivity contribution in [1.82, 2.24) is 0 Å². The Morgan fingerprint density at radius 1 is 0.944 bits per heavy atom. The molecule has 1 unspecified atom stereocenters. The van der Waals surface area contributed by atoms with Gasteiger partial charge in [0.05, 0.1) is 19.4 Å². The largest absolute Gasteiger partial charge is 0.330 e. The Morgan fingerprint density at radius 3 is 2.00 bits per heavy atom.